The predicted molar refractivity (Wildman–Crippen MR) is 82.2 cm³/mol. The minimum Gasteiger partial charge on any atom is -0.508 e. The van der Waals surface area contributed by atoms with Gasteiger partial charge >= 0.3 is 0 Å². The minimum atomic E-state index is 0.224. The van der Waals surface area contributed by atoms with E-state index < -0.39 is 0 Å². The first kappa shape index (κ1) is 13.0. The van der Waals surface area contributed by atoms with Crippen LogP contribution in [0.15, 0.2) is 42.5 Å². The summed E-state index contributed by atoms with van der Waals surface area (Å²) in [6.45, 7) is 4.17. The summed E-state index contributed by atoms with van der Waals surface area (Å²) in [4.78, 5) is 0. The first-order valence-electron chi connectivity index (χ1n) is 6.54. The molecule has 0 amide bonds. The Bertz CT molecular complexity index is 760. The van der Waals surface area contributed by atoms with E-state index in [2.05, 4.69) is 18.9 Å². The summed E-state index contributed by atoms with van der Waals surface area (Å²) in [6, 6.07) is 13.2. The lowest BCUT2D eigenvalue weighted by atomic mass is 10.1. The molecular weight excluding hydrogens is 272 g/mol. The molecule has 0 radical (unpaired) electrons. The molecule has 2 aromatic carbocycles. The maximum absolute atomic E-state index is 9.45. The fourth-order valence-electron chi connectivity index (χ4n) is 2.37. The van der Waals surface area contributed by atoms with Crippen molar-refractivity contribution >= 4 is 22.5 Å². The van der Waals surface area contributed by atoms with Crippen LogP contribution in [0.25, 0.3) is 22.2 Å². The molecule has 0 unspecified atom stereocenters. The topological polar surface area (TPSA) is 38.0 Å². The van der Waals surface area contributed by atoms with E-state index in [1.807, 2.05) is 35.0 Å². The fraction of sp³-hybridized carbons (Fsp3) is 0.188. The van der Waals surface area contributed by atoms with Gasteiger partial charge in [-0.1, -0.05) is 23.7 Å². The van der Waals surface area contributed by atoms with Gasteiger partial charge in [0.25, 0.3) is 0 Å². The normalized spacial score (nSPS) is 11.4. The molecule has 3 rings (SSSR count). The van der Waals surface area contributed by atoms with E-state index in [0.29, 0.717) is 5.02 Å². The second-order valence-electron chi connectivity index (χ2n) is 5.07. The average molecular weight is 287 g/mol. The Kier molecular flexibility index (Phi) is 3.14. The first-order chi connectivity index (χ1) is 9.58. The summed E-state index contributed by atoms with van der Waals surface area (Å²) in [5.74, 6) is 0.256. The van der Waals surface area contributed by atoms with Gasteiger partial charge in [0.05, 0.1) is 10.7 Å². The van der Waals surface area contributed by atoms with Crippen molar-refractivity contribution in [2.75, 3.05) is 0 Å². The van der Waals surface area contributed by atoms with Gasteiger partial charge in [-0.2, -0.15) is 5.10 Å². The van der Waals surface area contributed by atoms with Gasteiger partial charge in [-0.05, 0) is 44.2 Å². The monoisotopic (exact) mass is 286 g/mol. The van der Waals surface area contributed by atoms with Crippen molar-refractivity contribution in [2.45, 2.75) is 19.9 Å². The number of benzene rings is 2. The highest BCUT2D eigenvalue weighted by Gasteiger charge is 2.16. The van der Waals surface area contributed by atoms with Gasteiger partial charge in [-0.15, -0.1) is 0 Å². The molecule has 0 spiro atoms. The van der Waals surface area contributed by atoms with E-state index in [-0.39, 0.29) is 11.8 Å². The molecule has 0 atom stereocenters. The van der Waals surface area contributed by atoms with Crippen LogP contribution in [0.2, 0.25) is 5.02 Å². The van der Waals surface area contributed by atoms with Crippen molar-refractivity contribution in [3.8, 4) is 17.0 Å². The Morgan fingerprint density at radius 1 is 1.10 bits per heavy atom. The minimum absolute atomic E-state index is 0.224. The third-order valence-electron chi connectivity index (χ3n) is 3.31. The van der Waals surface area contributed by atoms with Gasteiger partial charge in [0.1, 0.15) is 11.3 Å². The van der Waals surface area contributed by atoms with Crippen molar-refractivity contribution in [3.05, 3.63) is 47.5 Å². The molecule has 102 valence electrons. The summed E-state index contributed by atoms with van der Waals surface area (Å²) < 4.78 is 1.98. The largest absolute Gasteiger partial charge is 0.508 e. The first-order valence-corrected chi connectivity index (χ1v) is 6.92. The van der Waals surface area contributed by atoms with Crippen molar-refractivity contribution in [1.29, 1.82) is 0 Å². The predicted octanol–water partition coefficient (Wildman–Crippen LogP) is 4.64. The van der Waals surface area contributed by atoms with Crippen LogP contribution < -0.4 is 0 Å². The number of nitrogens with zero attached hydrogens (tertiary/aromatic N) is 2. The Labute approximate surface area is 122 Å². The van der Waals surface area contributed by atoms with Gasteiger partial charge in [-0.3, -0.25) is 4.68 Å². The molecule has 0 fully saturated rings. The fourth-order valence-corrected chi connectivity index (χ4v) is 2.58. The van der Waals surface area contributed by atoms with Crippen molar-refractivity contribution in [3.63, 3.8) is 0 Å². The number of hydrogen-bond acceptors (Lipinski definition) is 2. The van der Waals surface area contributed by atoms with Crippen molar-refractivity contribution < 1.29 is 5.11 Å². The lowest BCUT2D eigenvalue weighted by molar-refractivity contribution is 0.475. The smallest absolute Gasteiger partial charge is 0.115 e. The van der Waals surface area contributed by atoms with Crippen LogP contribution in [-0.4, -0.2) is 14.9 Å². The molecule has 3 aromatic rings. The molecule has 0 saturated carbocycles. The zero-order valence-corrected chi connectivity index (χ0v) is 12.1. The lowest BCUT2D eigenvalue weighted by Gasteiger charge is -2.11. The van der Waals surface area contributed by atoms with E-state index in [0.717, 1.165) is 22.2 Å². The molecule has 20 heavy (non-hydrogen) atoms. The molecule has 3 nitrogen and oxygen atoms in total. The highest BCUT2D eigenvalue weighted by Crippen LogP contribution is 2.34. The van der Waals surface area contributed by atoms with Crippen LogP contribution in [-0.2, 0) is 0 Å². The van der Waals surface area contributed by atoms with Crippen LogP contribution >= 0.6 is 11.6 Å². The zero-order valence-electron chi connectivity index (χ0n) is 11.3. The van der Waals surface area contributed by atoms with E-state index in [1.54, 1.807) is 12.1 Å². The van der Waals surface area contributed by atoms with E-state index in [9.17, 15) is 5.11 Å². The summed E-state index contributed by atoms with van der Waals surface area (Å²) in [6.07, 6.45) is 0. The van der Waals surface area contributed by atoms with Crippen LogP contribution in [0.4, 0.5) is 0 Å². The Hall–Kier alpha value is -2.00. The molecule has 4 heteroatoms. The third-order valence-corrected chi connectivity index (χ3v) is 3.61. The number of phenolic OH excluding ortho intramolecular Hbond substituents is 1. The Balaban J connectivity index is 2.35. The molecule has 1 N–H and O–H groups in total. The summed E-state index contributed by atoms with van der Waals surface area (Å²) in [7, 11) is 0. The lowest BCUT2D eigenvalue weighted by Crippen LogP contribution is -2.04. The van der Waals surface area contributed by atoms with E-state index in [4.69, 9.17) is 11.6 Å². The summed E-state index contributed by atoms with van der Waals surface area (Å²) in [5.41, 5.74) is 2.85. The summed E-state index contributed by atoms with van der Waals surface area (Å²) in [5, 5.41) is 15.8. The molecule has 1 aromatic heterocycles. The molecule has 0 saturated heterocycles. The number of rotatable bonds is 2. The van der Waals surface area contributed by atoms with Gasteiger partial charge in [0, 0.05) is 17.0 Å². The highest BCUT2D eigenvalue weighted by atomic mass is 35.5. The molecule has 0 aliphatic rings. The van der Waals surface area contributed by atoms with E-state index >= 15 is 0 Å². The quantitative estimate of drug-likeness (QED) is 0.745. The Morgan fingerprint density at radius 2 is 1.80 bits per heavy atom. The maximum atomic E-state index is 9.45. The number of aromatic hydroxyl groups is 1. The van der Waals surface area contributed by atoms with Gasteiger partial charge < -0.3 is 5.11 Å². The molecule has 0 aliphatic heterocycles. The SMILES string of the molecule is CC(C)n1nc2c(Cl)cccc2c1-c1ccc(O)cc1. The third kappa shape index (κ3) is 2.04. The van der Waals surface area contributed by atoms with Gasteiger partial charge in [-0.25, -0.2) is 0 Å². The highest BCUT2D eigenvalue weighted by molar-refractivity contribution is 6.35. The van der Waals surface area contributed by atoms with Gasteiger partial charge in [0.15, 0.2) is 0 Å². The van der Waals surface area contributed by atoms with Crippen LogP contribution in [0.5, 0.6) is 5.75 Å². The molecule has 1 heterocycles. The van der Waals surface area contributed by atoms with Crippen LogP contribution in [0.3, 0.4) is 0 Å². The zero-order chi connectivity index (χ0) is 14.3. The number of phenols is 1. The molecule has 0 aliphatic carbocycles. The van der Waals surface area contributed by atoms with E-state index in [1.165, 1.54) is 0 Å². The molecule has 0 bridgehead atoms. The van der Waals surface area contributed by atoms with Crippen LogP contribution in [0, 0.1) is 0 Å². The summed E-state index contributed by atoms with van der Waals surface area (Å²) >= 11 is 6.24. The van der Waals surface area contributed by atoms with Gasteiger partial charge in [0.2, 0.25) is 0 Å². The average Bonchev–Trinajstić information content (AvgIpc) is 2.81. The number of hydrogen-bond donors (Lipinski definition) is 1. The maximum Gasteiger partial charge on any atom is 0.115 e. The second-order valence-corrected chi connectivity index (χ2v) is 5.48. The van der Waals surface area contributed by atoms with Crippen molar-refractivity contribution in [1.82, 2.24) is 9.78 Å². The van der Waals surface area contributed by atoms with Crippen LogP contribution in [0.1, 0.15) is 19.9 Å². The van der Waals surface area contributed by atoms with Crippen molar-refractivity contribution in [2.24, 2.45) is 0 Å². The number of halogens is 1. The number of fused-ring (bicyclic) bond motifs is 1. The second kappa shape index (κ2) is 4.84. The number of aromatic nitrogens is 2. The Morgan fingerprint density at radius 3 is 2.45 bits per heavy atom. The standard InChI is InChI=1S/C16H15ClN2O/c1-10(2)19-16(11-6-8-12(20)9-7-11)13-4-3-5-14(17)15(13)18-19/h3-10,20H,1-2H3. The molecular formula is C16H15ClN2O.